The van der Waals surface area contributed by atoms with E-state index in [0.717, 1.165) is 16.0 Å². The number of hydrogen-bond acceptors (Lipinski definition) is 7. The van der Waals surface area contributed by atoms with Crippen molar-refractivity contribution in [3.63, 3.8) is 0 Å². The molecule has 3 heterocycles. The van der Waals surface area contributed by atoms with Crippen LogP contribution in [-0.2, 0) is 6.18 Å². The molecule has 0 bridgehead atoms. The van der Waals surface area contributed by atoms with Gasteiger partial charge in [0, 0.05) is 0 Å². The van der Waals surface area contributed by atoms with Gasteiger partial charge in [-0.25, -0.2) is 0 Å². The lowest BCUT2D eigenvalue weighted by Gasteiger charge is -1.98. The van der Waals surface area contributed by atoms with Crippen LogP contribution in [0.15, 0.2) is 0 Å². The zero-order chi connectivity index (χ0) is 12.9. The molecule has 0 aliphatic rings. The van der Waals surface area contributed by atoms with Gasteiger partial charge in [0.2, 0.25) is 9.97 Å². The number of aryl methyl sites for hydroxylation is 1. The van der Waals surface area contributed by atoms with E-state index in [0.29, 0.717) is 21.9 Å². The van der Waals surface area contributed by atoms with Gasteiger partial charge in [-0.05, 0) is 18.5 Å². The second-order valence-electron chi connectivity index (χ2n) is 3.31. The summed E-state index contributed by atoms with van der Waals surface area (Å²) < 4.78 is 42.3. The number of rotatable bonds is 1. The van der Waals surface area contributed by atoms with Crippen LogP contribution in [0, 0.1) is 6.92 Å². The van der Waals surface area contributed by atoms with Crippen molar-refractivity contribution in [3.05, 3.63) is 10.7 Å². The first-order chi connectivity index (χ1) is 8.47. The molecule has 0 fully saturated rings. The molecule has 11 heteroatoms. The van der Waals surface area contributed by atoms with Crippen LogP contribution in [0.4, 0.5) is 13.2 Å². The summed E-state index contributed by atoms with van der Waals surface area (Å²) in [5.74, 6) is 0.226. The topological polar surface area (TPSA) is 68.9 Å². The van der Waals surface area contributed by atoms with Gasteiger partial charge in [-0.1, -0.05) is 15.8 Å². The van der Waals surface area contributed by atoms with Crippen molar-refractivity contribution in [1.82, 2.24) is 29.4 Å². The van der Waals surface area contributed by atoms with E-state index in [1.807, 2.05) is 0 Å². The fraction of sp³-hybridized carbons (Fsp3) is 0.286. The Morgan fingerprint density at radius 2 is 1.94 bits per heavy atom. The summed E-state index contributed by atoms with van der Waals surface area (Å²) in [5, 5.41) is 13.8. The summed E-state index contributed by atoms with van der Waals surface area (Å²) in [6.07, 6.45) is -4.48. The zero-order valence-electron chi connectivity index (χ0n) is 8.63. The molecule has 0 amide bonds. The van der Waals surface area contributed by atoms with Crippen LogP contribution in [0.25, 0.3) is 15.7 Å². The Morgan fingerprint density at radius 3 is 2.56 bits per heavy atom. The molecule has 0 spiro atoms. The summed E-state index contributed by atoms with van der Waals surface area (Å²) in [6.45, 7) is 1.69. The predicted octanol–water partition coefficient (Wildman–Crippen LogP) is 2.03. The van der Waals surface area contributed by atoms with E-state index >= 15 is 0 Å². The number of aromatic nitrogens is 6. The Morgan fingerprint density at radius 1 is 1.17 bits per heavy atom. The lowest BCUT2D eigenvalue weighted by Crippen LogP contribution is -2.05. The Kier molecular flexibility index (Phi) is 2.35. The second kappa shape index (κ2) is 3.68. The summed E-state index contributed by atoms with van der Waals surface area (Å²) in [7, 11) is 0. The van der Waals surface area contributed by atoms with Crippen molar-refractivity contribution in [2.24, 2.45) is 0 Å². The maximum absolute atomic E-state index is 12.5. The molecule has 0 N–H and O–H groups in total. The third-order valence-electron chi connectivity index (χ3n) is 2.09. The highest BCUT2D eigenvalue weighted by atomic mass is 32.1. The number of halogens is 3. The van der Waals surface area contributed by atoms with Gasteiger partial charge in [0.15, 0.2) is 5.82 Å². The highest BCUT2D eigenvalue weighted by Gasteiger charge is 2.36. The van der Waals surface area contributed by atoms with Crippen LogP contribution < -0.4 is 0 Å². The standard InChI is InChI=1S/C7H3F3N6S2/c1-2-3(18-15-11-2)4-12-13-6-16(4)14-5(17-6)7(8,9)10/h1H3. The number of fused-ring (bicyclic) bond motifs is 1. The van der Waals surface area contributed by atoms with Gasteiger partial charge in [0.1, 0.15) is 4.88 Å². The maximum atomic E-state index is 12.5. The van der Waals surface area contributed by atoms with Gasteiger partial charge >= 0.3 is 6.18 Å². The van der Waals surface area contributed by atoms with Gasteiger partial charge in [0.25, 0.3) is 0 Å². The molecule has 0 saturated carbocycles. The minimum Gasteiger partial charge on any atom is -0.181 e. The number of nitrogens with zero attached hydrogens (tertiary/aromatic N) is 6. The Labute approximate surface area is 105 Å². The fourth-order valence-corrected chi connectivity index (χ4v) is 2.64. The SMILES string of the molecule is Cc1nnsc1-c1nnc2sc(C(F)(F)F)nn12. The Balaban J connectivity index is 2.20. The summed E-state index contributed by atoms with van der Waals surface area (Å²) in [6, 6.07) is 0. The van der Waals surface area contributed by atoms with Crippen LogP contribution in [0.3, 0.4) is 0 Å². The smallest absolute Gasteiger partial charge is 0.181 e. The van der Waals surface area contributed by atoms with Gasteiger partial charge in [-0.15, -0.1) is 20.4 Å². The molecule has 0 aromatic carbocycles. The minimum absolute atomic E-state index is 0.0881. The van der Waals surface area contributed by atoms with E-state index in [2.05, 4.69) is 24.9 Å². The molecule has 94 valence electrons. The fourth-order valence-electron chi connectivity index (χ4n) is 1.31. The monoisotopic (exact) mass is 292 g/mol. The van der Waals surface area contributed by atoms with E-state index in [4.69, 9.17) is 0 Å². The van der Waals surface area contributed by atoms with Crippen LogP contribution in [0.1, 0.15) is 10.7 Å². The lowest BCUT2D eigenvalue weighted by molar-refractivity contribution is -0.138. The summed E-state index contributed by atoms with van der Waals surface area (Å²) in [4.78, 5) is 0.645. The molecular formula is C7H3F3N6S2. The summed E-state index contributed by atoms with van der Waals surface area (Å²) in [5.41, 5.74) is 0.579. The largest absolute Gasteiger partial charge is 0.445 e. The van der Waals surface area contributed by atoms with Crippen LogP contribution >= 0.6 is 22.9 Å². The number of alkyl halides is 3. The molecule has 0 radical (unpaired) electrons. The Hall–Kier alpha value is -1.62. The van der Waals surface area contributed by atoms with Gasteiger partial charge < -0.3 is 0 Å². The molecule has 0 aliphatic heterocycles. The predicted molar refractivity (Wildman–Crippen MR) is 57.3 cm³/mol. The molecular weight excluding hydrogens is 289 g/mol. The zero-order valence-corrected chi connectivity index (χ0v) is 10.3. The molecule has 6 nitrogen and oxygen atoms in total. The molecule has 3 rings (SSSR count). The van der Waals surface area contributed by atoms with Crippen molar-refractivity contribution < 1.29 is 13.2 Å². The third kappa shape index (κ3) is 1.66. The average Bonchev–Trinajstić information content (AvgIpc) is 2.90. The van der Waals surface area contributed by atoms with E-state index < -0.39 is 11.2 Å². The van der Waals surface area contributed by atoms with Gasteiger partial charge in [-0.3, -0.25) is 0 Å². The van der Waals surface area contributed by atoms with Crippen molar-refractivity contribution in [2.75, 3.05) is 0 Å². The average molecular weight is 292 g/mol. The van der Waals surface area contributed by atoms with Crippen molar-refractivity contribution in [2.45, 2.75) is 13.1 Å². The van der Waals surface area contributed by atoms with Crippen LogP contribution in [0.5, 0.6) is 0 Å². The van der Waals surface area contributed by atoms with E-state index in [9.17, 15) is 13.2 Å². The van der Waals surface area contributed by atoms with Crippen molar-refractivity contribution in [3.8, 4) is 10.7 Å². The lowest BCUT2D eigenvalue weighted by atomic mass is 10.4. The first kappa shape index (κ1) is 11.5. The highest BCUT2D eigenvalue weighted by molar-refractivity contribution is 7.16. The molecule has 0 saturated heterocycles. The molecule has 0 atom stereocenters. The molecule has 0 unspecified atom stereocenters. The number of hydrogen-bond donors (Lipinski definition) is 0. The van der Waals surface area contributed by atoms with Crippen molar-refractivity contribution in [1.29, 1.82) is 0 Å². The third-order valence-corrected chi connectivity index (χ3v) is 3.86. The van der Waals surface area contributed by atoms with E-state index in [1.54, 1.807) is 6.92 Å². The molecule has 0 aliphatic carbocycles. The van der Waals surface area contributed by atoms with E-state index in [1.165, 1.54) is 0 Å². The normalized spacial score (nSPS) is 12.4. The Bertz CT molecular complexity index is 710. The molecule has 3 aromatic heterocycles. The van der Waals surface area contributed by atoms with Crippen LogP contribution in [0.2, 0.25) is 0 Å². The van der Waals surface area contributed by atoms with Gasteiger partial charge in [-0.2, -0.15) is 17.7 Å². The molecule has 18 heavy (non-hydrogen) atoms. The van der Waals surface area contributed by atoms with Gasteiger partial charge in [0.05, 0.1) is 5.69 Å². The maximum Gasteiger partial charge on any atom is 0.445 e. The molecule has 3 aromatic rings. The first-order valence-electron chi connectivity index (χ1n) is 4.55. The summed E-state index contributed by atoms with van der Waals surface area (Å²) >= 11 is 1.48. The van der Waals surface area contributed by atoms with Crippen molar-refractivity contribution >= 4 is 27.8 Å². The minimum atomic E-state index is -4.48. The quantitative estimate of drug-likeness (QED) is 0.686. The highest BCUT2D eigenvalue weighted by Crippen LogP contribution is 2.34. The first-order valence-corrected chi connectivity index (χ1v) is 6.14. The second-order valence-corrected chi connectivity index (χ2v) is 5.02. The van der Waals surface area contributed by atoms with E-state index in [-0.39, 0.29) is 10.8 Å². The van der Waals surface area contributed by atoms with Crippen LogP contribution in [-0.4, -0.2) is 29.4 Å².